The van der Waals surface area contributed by atoms with Gasteiger partial charge in [0.15, 0.2) is 5.69 Å². The molecule has 0 radical (unpaired) electrons. The Bertz CT molecular complexity index is 710. The van der Waals surface area contributed by atoms with Crippen LogP contribution in [-0.2, 0) is 0 Å². The number of carbonyl (C=O) groups is 2. The van der Waals surface area contributed by atoms with Crippen LogP contribution >= 0.6 is 0 Å². The van der Waals surface area contributed by atoms with Crippen molar-refractivity contribution in [2.24, 2.45) is 0 Å². The van der Waals surface area contributed by atoms with Crippen LogP contribution in [0, 0.1) is 0 Å². The quantitative estimate of drug-likeness (QED) is 0.799. The fourth-order valence-corrected chi connectivity index (χ4v) is 1.68. The highest BCUT2D eigenvalue weighted by atomic mass is 19.4. The molecule has 2 aromatic rings. The summed E-state index contributed by atoms with van der Waals surface area (Å²) < 4.78 is 39.9. The van der Waals surface area contributed by atoms with E-state index in [1.807, 2.05) is 0 Å². The average molecular weight is 328 g/mol. The van der Waals surface area contributed by atoms with Crippen molar-refractivity contribution in [1.29, 1.82) is 0 Å². The van der Waals surface area contributed by atoms with Gasteiger partial charge in [-0.1, -0.05) is 0 Å². The number of ether oxygens (including phenoxy) is 1. The third kappa shape index (κ3) is 4.22. The standard InChI is InChI=1S/C13H11F3N4O3/c1-17-12(22)10-9(6-18-20-10)19-11(21)7-2-4-8(5-3-7)23-13(14,15)16/h2-6H,1H3,(H,17,22)(H,18,20)(H,19,21). The SMILES string of the molecule is CNC(=O)c1n[nH]cc1NC(=O)c1ccc(OC(F)(F)F)cc1. The van der Waals surface area contributed by atoms with E-state index in [9.17, 15) is 22.8 Å². The molecule has 1 aromatic heterocycles. The molecular weight excluding hydrogens is 317 g/mol. The maximum absolute atomic E-state index is 12.1. The summed E-state index contributed by atoms with van der Waals surface area (Å²) in [6.07, 6.45) is -3.49. The lowest BCUT2D eigenvalue weighted by molar-refractivity contribution is -0.274. The number of benzene rings is 1. The Hall–Kier alpha value is -3.04. The van der Waals surface area contributed by atoms with E-state index in [-0.39, 0.29) is 16.9 Å². The molecule has 0 aliphatic rings. The summed E-state index contributed by atoms with van der Waals surface area (Å²) in [6, 6.07) is 4.35. The predicted octanol–water partition coefficient (Wildman–Crippen LogP) is 1.92. The summed E-state index contributed by atoms with van der Waals surface area (Å²) in [4.78, 5) is 23.5. The van der Waals surface area contributed by atoms with Gasteiger partial charge in [-0.2, -0.15) is 5.10 Å². The van der Waals surface area contributed by atoms with E-state index in [4.69, 9.17) is 0 Å². The number of nitrogens with zero attached hydrogens (tertiary/aromatic N) is 1. The zero-order chi connectivity index (χ0) is 17.0. The molecule has 2 amide bonds. The number of aromatic amines is 1. The Morgan fingerprint density at radius 3 is 2.39 bits per heavy atom. The summed E-state index contributed by atoms with van der Waals surface area (Å²) in [5.74, 6) is -1.56. The average Bonchev–Trinajstić information content (AvgIpc) is 2.93. The first-order valence-corrected chi connectivity index (χ1v) is 6.23. The second-order valence-corrected chi connectivity index (χ2v) is 4.25. The van der Waals surface area contributed by atoms with Crippen LogP contribution in [0.5, 0.6) is 5.75 Å². The molecule has 7 nitrogen and oxygen atoms in total. The van der Waals surface area contributed by atoms with E-state index >= 15 is 0 Å². The number of nitrogens with one attached hydrogen (secondary N) is 3. The van der Waals surface area contributed by atoms with Gasteiger partial charge >= 0.3 is 6.36 Å². The Kier molecular flexibility index (Phi) is 4.53. The molecule has 0 fully saturated rings. The molecule has 0 bridgehead atoms. The van der Waals surface area contributed by atoms with Gasteiger partial charge in [-0.15, -0.1) is 13.2 Å². The Balaban J connectivity index is 2.10. The second kappa shape index (κ2) is 6.38. The zero-order valence-electron chi connectivity index (χ0n) is 11.7. The maximum atomic E-state index is 12.1. The first kappa shape index (κ1) is 16.3. The summed E-state index contributed by atoms with van der Waals surface area (Å²) >= 11 is 0. The van der Waals surface area contributed by atoms with Crippen molar-refractivity contribution in [2.45, 2.75) is 6.36 Å². The highest BCUT2D eigenvalue weighted by Gasteiger charge is 2.31. The zero-order valence-corrected chi connectivity index (χ0v) is 11.7. The van der Waals surface area contributed by atoms with Crippen molar-refractivity contribution in [1.82, 2.24) is 15.5 Å². The van der Waals surface area contributed by atoms with Gasteiger partial charge in [0.2, 0.25) is 0 Å². The van der Waals surface area contributed by atoms with Crippen LogP contribution in [0.15, 0.2) is 30.5 Å². The third-order valence-corrected chi connectivity index (χ3v) is 2.68. The summed E-state index contributed by atoms with van der Waals surface area (Å²) in [7, 11) is 1.40. The Labute approximate surface area is 127 Å². The lowest BCUT2D eigenvalue weighted by Gasteiger charge is -2.09. The molecule has 2 rings (SSSR count). The van der Waals surface area contributed by atoms with Gasteiger partial charge < -0.3 is 15.4 Å². The fraction of sp³-hybridized carbons (Fsp3) is 0.154. The minimum Gasteiger partial charge on any atom is -0.406 e. The van der Waals surface area contributed by atoms with Gasteiger partial charge in [-0.25, -0.2) is 0 Å². The molecule has 0 saturated carbocycles. The van der Waals surface area contributed by atoms with Crippen molar-refractivity contribution < 1.29 is 27.5 Å². The van der Waals surface area contributed by atoms with E-state index in [1.165, 1.54) is 13.2 Å². The molecule has 0 atom stereocenters. The number of amides is 2. The molecular formula is C13H11F3N4O3. The number of aromatic nitrogens is 2. The van der Waals surface area contributed by atoms with Crippen LogP contribution in [-0.4, -0.2) is 35.4 Å². The number of halogens is 3. The number of hydrogen-bond donors (Lipinski definition) is 3. The summed E-state index contributed by atoms with van der Waals surface area (Å²) in [5.41, 5.74) is 0.214. The predicted molar refractivity (Wildman–Crippen MR) is 73.1 cm³/mol. The topological polar surface area (TPSA) is 96.1 Å². The third-order valence-electron chi connectivity index (χ3n) is 2.68. The van der Waals surface area contributed by atoms with E-state index in [0.717, 1.165) is 24.3 Å². The molecule has 3 N–H and O–H groups in total. The molecule has 23 heavy (non-hydrogen) atoms. The van der Waals surface area contributed by atoms with Crippen LogP contribution in [0.1, 0.15) is 20.8 Å². The van der Waals surface area contributed by atoms with Crippen molar-refractivity contribution >= 4 is 17.5 Å². The van der Waals surface area contributed by atoms with E-state index in [1.54, 1.807) is 0 Å². The number of alkyl halides is 3. The molecule has 0 aliphatic carbocycles. The number of anilines is 1. The van der Waals surface area contributed by atoms with Crippen LogP contribution in [0.2, 0.25) is 0 Å². The van der Waals surface area contributed by atoms with Crippen molar-refractivity contribution in [3.05, 3.63) is 41.7 Å². The van der Waals surface area contributed by atoms with E-state index in [2.05, 4.69) is 25.6 Å². The van der Waals surface area contributed by atoms with Crippen molar-refractivity contribution in [3.8, 4) is 5.75 Å². The number of carbonyl (C=O) groups excluding carboxylic acids is 2. The minimum atomic E-state index is -4.80. The molecule has 0 unspecified atom stereocenters. The van der Waals surface area contributed by atoms with Gasteiger partial charge in [-0.3, -0.25) is 14.7 Å². The lowest BCUT2D eigenvalue weighted by Crippen LogP contribution is -2.21. The maximum Gasteiger partial charge on any atom is 0.573 e. The van der Waals surface area contributed by atoms with Gasteiger partial charge in [0.05, 0.1) is 5.69 Å². The van der Waals surface area contributed by atoms with Gasteiger partial charge in [-0.05, 0) is 24.3 Å². The number of hydrogen-bond acceptors (Lipinski definition) is 4. The smallest absolute Gasteiger partial charge is 0.406 e. The summed E-state index contributed by atoms with van der Waals surface area (Å²) in [6.45, 7) is 0. The first-order chi connectivity index (χ1) is 10.8. The van der Waals surface area contributed by atoms with Crippen LogP contribution in [0.3, 0.4) is 0 Å². The van der Waals surface area contributed by atoms with Crippen LogP contribution < -0.4 is 15.4 Å². The van der Waals surface area contributed by atoms with Gasteiger partial charge in [0.1, 0.15) is 5.75 Å². The monoisotopic (exact) mass is 328 g/mol. The normalized spacial score (nSPS) is 11.0. The number of rotatable bonds is 4. The molecule has 1 aromatic carbocycles. The largest absolute Gasteiger partial charge is 0.573 e. The van der Waals surface area contributed by atoms with Gasteiger partial charge in [0, 0.05) is 18.8 Å². The Morgan fingerprint density at radius 1 is 1.17 bits per heavy atom. The highest BCUT2D eigenvalue weighted by molar-refractivity contribution is 6.08. The van der Waals surface area contributed by atoms with E-state index in [0.29, 0.717) is 0 Å². The van der Waals surface area contributed by atoms with Gasteiger partial charge in [0.25, 0.3) is 11.8 Å². The summed E-state index contributed by atoms with van der Waals surface area (Å²) in [5, 5.41) is 10.9. The number of H-pyrrole nitrogens is 1. The Morgan fingerprint density at radius 2 is 1.83 bits per heavy atom. The molecule has 10 heteroatoms. The molecule has 0 aliphatic heterocycles. The molecule has 0 saturated heterocycles. The fourth-order valence-electron chi connectivity index (χ4n) is 1.68. The first-order valence-electron chi connectivity index (χ1n) is 6.23. The van der Waals surface area contributed by atoms with E-state index < -0.39 is 23.9 Å². The van der Waals surface area contributed by atoms with Crippen molar-refractivity contribution in [3.63, 3.8) is 0 Å². The molecule has 1 heterocycles. The minimum absolute atomic E-state index is 0.0159. The lowest BCUT2D eigenvalue weighted by atomic mass is 10.2. The molecule has 122 valence electrons. The van der Waals surface area contributed by atoms with Crippen LogP contribution in [0.4, 0.5) is 18.9 Å². The molecule has 0 spiro atoms. The second-order valence-electron chi connectivity index (χ2n) is 4.25. The highest BCUT2D eigenvalue weighted by Crippen LogP contribution is 2.23. The van der Waals surface area contributed by atoms with Crippen molar-refractivity contribution in [2.75, 3.05) is 12.4 Å². The van der Waals surface area contributed by atoms with Crippen LogP contribution in [0.25, 0.3) is 0 Å².